The van der Waals surface area contributed by atoms with Crippen molar-refractivity contribution < 1.29 is 10.0 Å². The quantitative estimate of drug-likeness (QED) is 0.110. The lowest BCUT2D eigenvalue weighted by atomic mass is 9.86. The van der Waals surface area contributed by atoms with E-state index in [9.17, 15) is 0 Å². The molecule has 7 nitrogen and oxygen atoms in total. The highest BCUT2D eigenvalue weighted by atomic mass is 16.6. The van der Waals surface area contributed by atoms with Gasteiger partial charge in [-0.15, -0.1) is 0 Å². The van der Waals surface area contributed by atoms with Crippen LogP contribution in [0.15, 0.2) is 83.1 Å². The first-order valence-corrected chi connectivity index (χ1v) is 14.0. The maximum atomic E-state index is 8.54. The molecular weight excluding hydrogens is 522 g/mol. The molecule has 0 aromatic heterocycles. The maximum absolute atomic E-state index is 8.54. The predicted octanol–water partition coefficient (Wildman–Crippen LogP) is 7.70. The van der Waals surface area contributed by atoms with E-state index in [1.165, 1.54) is 16.7 Å². The molecule has 0 unspecified atom stereocenters. The zero-order chi connectivity index (χ0) is 32.3. The number of rotatable bonds is 4. The number of oxime groups is 2. The van der Waals surface area contributed by atoms with Gasteiger partial charge in [0, 0.05) is 11.1 Å². The SMILES string of the molecule is CC(C)(C)c1cccc(/C(N)=N/O)c1.CC(C)(C)c1cccc(C(=N)N)c1.CO/N=C(\C)c1cccc(C(C)(C)C)c1. The second-order valence-corrected chi connectivity index (χ2v) is 13.3. The Labute approximate surface area is 253 Å². The molecule has 0 saturated heterocycles. The third kappa shape index (κ3) is 11.8. The fourth-order valence-corrected chi connectivity index (χ4v) is 3.76. The van der Waals surface area contributed by atoms with Crippen molar-refractivity contribution in [1.82, 2.24) is 0 Å². The summed E-state index contributed by atoms with van der Waals surface area (Å²) < 4.78 is 0. The molecule has 0 spiro atoms. The summed E-state index contributed by atoms with van der Waals surface area (Å²) in [7, 11) is 1.57. The Bertz CT molecular complexity index is 1370. The average Bonchev–Trinajstić information content (AvgIpc) is 2.92. The summed E-state index contributed by atoms with van der Waals surface area (Å²) in [6, 6.07) is 24.0. The van der Waals surface area contributed by atoms with Crippen LogP contribution in [-0.2, 0) is 21.1 Å². The highest BCUT2D eigenvalue weighted by Crippen LogP contribution is 2.24. The van der Waals surface area contributed by atoms with Crippen LogP contribution in [0.1, 0.15) is 103 Å². The lowest BCUT2D eigenvalue weighted by molar-refractivity contribution is 0.213. The van der Waals surface area contributed by atoms with Gasteiger partial charge in [0.15, 0.2) is 5.84 Å². The van der Waals surface area contributed by atoms with Crippen LogP contribution in [0.3, 0.4) is 0 Å². The topological polar surface area (TPSA) is 130 Å². The summed E-state index contributed by atoms with van der Waals surface area (Å²) in [6.45, 7) is 21.4. The number of amidine groups is 2. The molecule has 0 atom stereocenters. The number of nitrogens with two attached hydrogens (primary N) is 2. The van der Waals surface area contributed by atoms with Gasteiger partial charge in [-0.1, -0.05) is 127 Å². The Morgan fingerprint density at radius 2 is 1.02 bits per heavy atom. The first kappa shape index (κ1) is 35.9. The Balaban J connectivity index is 0.000000316. The Hall–Kier alpha value is -4.13. The summed E-state index contributed by atoms with van der Waals surface area (Å²) in [6.07, 6.45) is 0. The van der Waals surface area contributed by atoms with Crippen LogP contribution in [-0.4, -0.2) is 29.7 Å². The van der Waals surface area contributed by atoms with Crippen LogP contribution in [0.4, 0.5) is 0 Å². The van der Waals surface area contributed by atoms with Crippen LogP contribution in [0.5, 0.6) is 0 Å². The van der Waals surface area contributed by atoms with Crippen molar-refractivity contribution in [2.75, 3.05) is 7.11 Å². The van der Waals surface area contributed by atoms with Gasteiger partial charge in [-0.25, -0.2) is 0 Å². The standard InChI is InChI=1S/C13H19NO.C11H16N2O.C11H16N2/c1-10(14-15-5)11-7-6-8-12(9-11)13(2,3)4;1-11(2,3)9-6-4-5-8(7-9)10(12)13-14;1-11(2,3)9-6-4-5-8(7-9)10(12)13/h6-9H,1-5H3;4-7,14H,1-3H3,(H2,12,13);4-7H,1-3H3,(H3,12,13)/b14-10+;;. The van der Waals surface area contributed by atoms with Crippen molar-refractivity contribution in [2.45, 2.75) is 85.5 Å². The minimum Gasteiger partial charge on any atom is -0.409 e. The molecule has 0 heterocycles. The zero-order valence-electron chi connectivity index (χ0n) is 27.3. The molecule has 0 radical (unpaired) electrons. The van der Waals surface area contributed by atoms with Gasteiger partial charge in [0.2, 0.25) is 0 Å². The molecule has 3 aromatic rings. The van der Waals surface area contributed by atoms with Crippen molar-refractivity contribution >= 4 is 17.4 Å². The molecule has 0 aliphatic carbocycles. The van der Waals surface area contributed by atoms with E-state index in [0.717, 1.165) is 22.4 Å². The predicted molar refractivity (Wildman–Crippen MR) is 178 cm³/mol. The minimum atomic E-state index is 0.0751. The molecule has 0 saturated carbocycles. The Morgan fingerprint density at radius 3 is 1.38 bits per heavy atom. The fourth-order valence-electron chi connectivity index (χ4n) is 3.76. The first-order chi connectivity index (χ1) is 19.3. The van der Waals surface area contributed by atoms with Crippen molar-refractivity contribution in [1.29, 1.82) is 5.41 Å². The van der Waals surface area contributed by atoms with E-state index < -0.39 is 0 Å². The minimum absolute atomic E-state index is 0.0751. The molecule has 0 bridgehead atoms. The number of nitrogen functional groups attached to an aromatic ring is 1. The molecule has 0 amide bonds. The Morgan fingerprint density at radius 1 is 0.667 bits per heavy atom. The molecule has 3 rings (SSSR count). The lowest BCUT2D eigenvalue weighted by Crippen LogP contribution is -2.16. The van der Waals surface area contributed by atoms with E-state index in [1.54, 1.807) is 7.11 Å². The fraction of sp³-hybridized carbons (Fsp3) is 0.400. The Kier molecular flexibility index (Phi) is 13.0. The molecule has 0 fully saturated rings. The van der Waals surface area contributed by atoms with Gasteiger partial charge >= 0.3 is 0 Å². The van der Waals surface area contributed by atoms with Crippen LogP contribution >= 0.6 is 0 Å². The van der Waals surface area contributed by atoms with Gasteiger partial charge < -0.3 is 21.5 Å². The lowest BCUT2D eigenvalue weighted by Gasteiger charge is -2.19. The molecule has 3 aromatic carbocycles. The first-order valence-electron chi connectivity index (χ1n) is 14.0. The highest BCUT2D eigenvalue weighted by molar-refractivity contribution is 5.98. The monoisotopic (exact) mass is 573 g/mol. The van der Waals surface area contributed by atoms with Crippen LogP contribution < -0.4 is 11.5 Å². The van der Waals surface area contributed by atoms with Gasteiger partial charge in [-0.3, -0.25) is 5.41 Å². The maximum Gasteiger partial charge on any atom is 0.170 e. The van der Waals surface area contributed by atoms with Crippen molar-refractivity contribution in [3.63, 3.8) is 0 Å². The third-order valence-electron chi connectivity index (χ3n) is 6.55. The highest BCUT2D eigenvalue weighted by Gasteiger charge is 2.15. The third-order valence-corrected chi connectivity index (χ3v) is 6.55. The smallest absolute Gasteiger partial charge is 0.170 e. The van der Waals surface area contributed by atoms with E-state index in [2.05, 4.69) is 96.9 Å². The molecule has 6 N–H and O–H groups in total. The second kappa shape index (κ2) is 15.2. The summed E-state index contributed by atoms with van der Waals surface area (Å²) in [5.74, 6) is 0.280. The number of nitrogens with zero attached hydrogens (tertiary/aromatic N) is 2. The molecule has 0 aliphatic rings. The molecule has 7 heteroatoms. The number of benzene rings is 3. The van der Waals surface area contributed by atoms with Crippen LogP contribution in [0.25, 0.3) is 0 Å². The van der Waals surface area contributed by atoms with Gasteiger partial charge in [0.1, 0.15) is 12.9 Å². The normalized spacial score (nSPS) is 12.4. The molecule has 0 aliphatic heterocycles. The van der Waals surface area contributed by atoms with Crippen molar-refractivity contribution in [2.24, 2.45) is 21.8 Å². The van der Waals surface area contributed by atoms with Crippen LogP contribution in [0.2, 0.25) is 0 Å². The van der Waals surface area contributed by atoms with Crippen LogP contribution in [0, 0.1) is 5.41 Å². The van der Waals surface area contributed by atoms with Gasteiger partial charge in [0.05, 0.1) is 5.71 Å². The number of nitrogens with one attached hydrogen (secondary N) is 1. The number of hydrogen-bond acceptors (Lipinski definition) is 5. The largest absolute Gasteiger partial charge is 0.409 e. The van der Waals surface area contributed by atoms with E-state index in [1.807, 2.05) is 55.5 Å². The second-order valence-electron chi connectivity index (χ2n) is 13.3. The van der Waals surface area contributed by atoms with Gasteiger partial charge in [0.25, 0.3) is 0 Å². The van der Waals surface area contributed by atoms with Crippen molar-refractivity contribution in [3.05, 3.63) is 106 Å². The summed E-state index contributed by atoms with van der Waals surface area (Å²) in [4.78, 5) is 4.77. The van der Waals surface area contributed by atoms with E-state index in [0.29, 0.717) is 0 Å². The molecule has 228 valence electrons. The summed E-state index contributed by atoms with van der Waals surface area (Å²) >= 11 is 0. The molecule has 42 heavy (non-hydrogen) atoms. The summed E-state index contributed by atoms with van der Waals surface area (Å²) in [5.41, 5.74) is 18.5. The van der Waals surface area contributed by atoms with E-state index >= 15 is 0 Å². The zero-order valence-corrected chi connectivity index (χ0v) is 27.3. The number of hydrogen-bond donors (Lipinski definition) is 4. The average molecular weight is 574 g/mol. The van der Waals surface area contributed by atoms with E-state index in [-0.39, 0.29) is 27.9 Å². The van der Waals surface area contributed by atoms with E-state index in [4.69, 9.17) is 26.9 Å². The van der Waals surface area contributed by atoms with Gasteiger partial charge in [-0.2, -0.15) is 0 Å². The summed E-state index contributed by atoms with van der Waals surface area (Å²) in [5, 5.41) is 22.8. The van der Waals surface area contributed by atoms with Gasteiger partial charge in [-0.05, 0) is 63.6 Å². The molecular formula is C35H51N5O2. The van der Waals surface area contributed by atoms with Crippen molar-refractivity contribution in [3.8, 4) is 0 Å².